The Morgan fingerprint density at radius 1 is 0.949 bits per heavy atom. The van der Waals surface area contributed by atoms with Gasteiger partial charge in [0.15, 0.2) is 0 Å². The maximum atomic E-state index is 13.5. The summed E-state index contributed by atoms with van der Waals surface area (Å²) in [6.45, 7) is 3.34. The quantitative estimate of drug-likeness (QED) is 0.154. The van der Waals surface area contributed by atoms with Crippen LogP contribution in [0.15, 0.2) is 30.5 Å². The standard InChI is InChI=1S/C26H37N5O7S/c1-14(2)22(25(36)29-19(26(37)38)8-9-21(32)33)31-24(35)20(30-23(34)17(27)10-11-39-3)12-15-13-28-18-7-5-4-6-16(15)18/h4-7,13-14,17,19-20,22,28H,8-12,27H2,1-3H3,(H,29,36)(H,30,34)(H,31,35)(H,32,33)(H,37,38). The lowest BCUT2D eigenvalue weighted by Crippen LogP contribution is -2.59. The Hall–Kier alpha value is -3.58. The molecular formula is C26H37N5O7S. The molecule has 0 aliphatic heterocycles. The van der Waals surface area contributed by atoms with E-state index in [4.69, 9.17) is 10.8 Å². The van der Waals surface area contributed by atoms with Gasteiger partial charge in [0.1, 0.15) is 18.1 Å². The van der Waals surface area contributed by atoms with E-state index in [9.17, 15) is 29.1 Å². The van der Waals surface area contributed by atoms with Gasteiger partial charge in [-0.15, -0.1) is 0 Å². The third-order valence-corrected chi connectivity index (χ3v) is 6.85. The van der Waals surface area contributed by atoms with Gasteiger partial charge in [-0.2, -0.15) is 11.8 Å². The van der Waals surface area contributed by atoms with E-state index < -0.39 is 66.2 Å². The Morgan fingerprint density at radius 2 is 1.62 bits per heavy atom. The van der Waals surface area contributed by atoms with Crippen molar-refractivity contribution in [3.8, 4) is 0 Å². The van der Waals surface area contributed by atoms with Crippen LogP contribution in [0.4, 0.5) is 0 Å². The van der Waals surface area contributed by atoms with Gasteiger partial charge in [0, 0.05) is 29.9 Å². The fourth-order valence-electron chi connectivity index (χ4n) is 3.96. The molecule has 214 valence electrons. The maximum Gasteiger partial charge on any atom is 0.326 e. The van der Waals surface area contributed by atoms with Gasteiger partial charge in [0.2, 0.25) is 17.7 Å². The number of aliphatic carboxylic acids is 2. The fraction of sp³-hybridized carbons (Fsp3) is 0.500. The summed E-state index contributed by atoms with van der Waals surface area (Å²) in [6.07, 6.45) is 3.40. The molecule has 0 saturated heterocycles. The number of nitrogens with one attached hydrogen (secondary N) is 4. The monoisotopic (exact) mass is 563 g/mol. The molecule has 1 heterocycles. The van der Waals surface area contributed by atoms with Gasteiger partial charge in [-0.3, -0.25) is 19.2 Å². The summed E-state index contributed by atoms with van der Waals surface area (Å²) in [6, 6.07) is 3.00. The Morgan fingerprint density at radius 3 is 2.23 bits per heavy atom. The molecule has 39 heavy (non-hydrogen) atoms. The van der Waals surface area contributed by atoms with Crippen LogP contribution in [0.5, 0.6) is 0 Å². The number of fused-ring (bicyclic) bond motifs is 1. The summed E-state index contributed by atoms with van der Waals surface area (Å²) in [5.74, 6) is -4.29. The van der Waals surface area contributed by atoms with Crippen molar-refractivity contribution in [3.05, 3.63) is 36.0 Å². The minimum absolute atomic E-state index is 0.111. The molecule has 4 unspecified atom stereocenters. The first-order valence-corrected chi connectivity index (χ1v) is 14.0. The van der Waals surface area contributed by atoms with Crippen LogP contribution < -0.4 is 21.7 Å². The first kappa shape index (κ1) is 31.6. The first-order valence-electron chi connectivity index (χ1n) is 12.6. The lowest BCUT2D eigenvalue weighted by atomic mass is 9.99. The van der Waals surface area contributed by atoms with Crippen molar-refractivity contribution in [1.29, 1.82) is 0 Å². The summed E-state index contributed by atoms with van der Waals surface area (Å²) in [5.41, 5.74) is 7.65. The highest BCUT2D eigenvalue weighted by atomic mass is 32.2. The van der Waals surface area contributed by atoms with Gasteiger partial charge < -0.3 is 36.9 Å². The topological polar surface area (TPSA) is 204 Å². The number of hydrogen-bond donors (Lipinski definition) is 7. The first-order chi connectivity index (χ1) is 18.4. The van der Waals surface area contributed by atoms with Crippen molar-refractivity contribution < 1.29 is 34.2 Å². The number of thioether (sulfide) groups is 1. The van der Waals surface area contributed by atoms with Crippen LogP contribution in [0.3, 0.4) is 0 Å². The number of carboxylic acid groups (broad SMARTS) is 2. The van der Waals surface area contributed by atoms with Crippen molar-refractivity contribution in [2.75, 3.05) is 12.0 Å². The van der Waals surface area contributed by atoms with Gasteiger partial charge in [-0.1, -0.05) is 32.0 Å². The van der Waals surface area contributed by atoms with Crippen LogP contribution in [0.1, 0.15) is 38.7 Å². The average Bonchev–Trinajstić information content (AvgIpc) is 3.29. The molecule has 12 nitrogen and oxygen atoms in total. The third kappa shape index (κ3) is 9.59. The van der Waals surface area contributed by atoms with Gasteiger partial charge >= 0.3 is 11.9 Å². The molecule has 2 aromatic rings. The number of H-pyrrole nitrogens is 1. The van der Waals surface area contributed by atoms with Gasteiger partial charge in [-0.25, -0.2) is 4.79 Å². The number of benzene rings is 1. The van der Waals surface area contributed by atoms with Crippen LogP contribution in [-0.4, -0.2) is 81.0 Å². The van der Waals surface area contributed by atoms with Crippen molar-refractivity contribution in [2.45, 2.75) is 63.7 Å². The number of carboxylic acids is 2. The largest absolute Gasteiger partial charge is 0.481 e. The summed E-state index contributed by atoms with van der Waals surface area (Å²) in [7, 11) is 0. The highest BCUT2D eigenvalue weighted by molar-refractivity contribution is 7.98. The molecule has 1 aromatic carbocycles. The van der Waals surface area contributed by atoms with Crippen LogP contribution >= 0.6 is 11.8 Å². The molecule has 0 bridgehead atoms. The van der Waals surface area contributed by atoms with Crippen LogP contribution in [0, 0.1) is 5.92 Å². The number of carbonyl (C=O) groups is 5. The smallest absolute Gasteiger partial charge is 0.326 e. The zero-order valence-corrected chi connectivity index (χ0v) is 23.0. The van der Waals surface area contributed by atoms with E-state index in [2.05, 4.69) is 20.9 Å². The second-order valence-electron chi connectivity index (χ2n) is 9.57. The molecule has 0 fully saturated rings. The lowest BCUT2D eigenvalue weighted by Gasteiger charge is -2.27. The number of hydrogen-bond acceptors (Lipinski definition) is 7. The van der Waals surface area contributed by atoms with E-state index in [1.165, 1.54) is 0 Å². The molecule has 0 aliphatic rings. The second-order valence-corrected chi connectivity index (χ2v) is 10.6. The van der Waals surface area contributed by atoms with E-state index >= 15 is 0 Å². The number of carbonyl (C=O) groups excluding carboxylic acids is 3. The molecule has 8 N–H and O–H groups in total. The highest BCUT2D eigenvalue weighted by Gasteiger charge is 2.32. The Balaban J connectivity index is 2.25. The molecule has 2 rings (SSSR count). The second kappa shape index (κ2) is 15.1. The zero-order valence-electron chi connectivity index (χ0n) is 22.2. The van der Waals surface area contributed by atoms with E-state index in [0.29, 0.717) is 12.2 Å². The normalized spacial score (nSPS) is 14.3. The number of amides is 3. The maximum absolute atomic E-state index is 13.5. The molecule has 4 atom stereocenters. The fourth-order valence-corrected chi connectivity index (χ4v) is 4.45. The molecule has 0 aliphatic carbocycles. The van der Waals surface area contributed by atoms with Crippen molar-refractivity contribution in [2.24, 2.45) is 11.7 Å². The molecular weight excluding hydrogens is 526 g/mol. The zero-order chi connectivity index (χ0) is 29.1. The molecule has 13 heteroatoms. The Kier molecular flexibility index (Phi) is 12.3. The summed E-state index contributed by atoms with van der Waals surface area (Å²) < 4.78 is 0. The lowest BCUT2D eigenvalue weighted by molar-refractivity contribution is -0.143. The molecule has 0 radical (unpaired) electrons. The number of aromatic amines is 1. The Bertz CT molecular complexity index is 1170. The predicted molar refractivity (Wildman–Crippen MR) is 148 cm³/mol. The summed E-state index contributed by atoms with van der Waals surface area (Å²) in [4.78, 5) is 64.9. The number of para-hydroxylation sites is 1. The molecule has 0 saturated carbocycles. The van der Waals surface area contributed by atoms with Gasteiger partial charge in [0.05, 0.1) is 6.04 Å². The number of aromatic nitrogens is 1. The average molecular weight is 564 g/mol. The van der Waals surface area contributed by atoms with Crippen molar-refractivity contribution in [3.63, 3.8) is 0 Å². The number of rotatable bonds is 16. The van der Waals surface area contributed by atoms with E-state index in [1.54, 1.807) is 31.8 Å². The van der Waals surface area contributed by atoms with E-state index in [1.807, 2.05) is 30.5 Å². The van der Waals surface area contributed by atoms with Gasteiger partial charge in [-0.05, 0) is 42.4 Å². The molecule has 1 aromatic heterocycles. The van der Waals surface area contributed by atoms with Gasteiger partial charge in [0.25, 0.3) is 0 Å². The number of nitrogens with two attached hydrogens (primary N) is 1. The minimum Gasteiger partial charge on any atom is -0.481 e. The molecule has 0 spiro atoms. The minimum atomic E-state index is -1.44. The van der Waals surface area contributed by atoms with Crippen molar-refractivity contribution >= 4 is 52.3 Å². The van der Waals surface area contributed by atoms with E-state index in [0.717, 1.165) is 16.5 Å². The summed E-state index contributed by atoms with van der Waals surface area (Å²) in [5, 5.41) is 26.8. The summed E-state index contributed by atoms with van der Waals surface area (Å²) >= 11 is 1.54. The van der Waals surface area contributed by atoms with Crippen LogP contribution in [0.2, 0.25) is 0 Å². The van der Waals surface area contributed by atoms with Crippen LogP contribution in [0.25, 0.3) is 10.9 Å². The predicted octanol–water partition coefficient (Wildman–Crippen LogP) is 0.851. The van der Waals surface area contributed by atoms with Crippen molar-refractivity contribution in [1.82, 2.24) is 20.9 Å². The third-order valence-electron chi connectivity index (χ3n) is 6.21. The molecule has 3 amide bonds. The van der Waals surface area contributed by atoms with E-state index in [-0.39, 0.29) is 12.8 Å². The van der Waals surface area contributed by atoms with Crippen LogP contribution in [-0.2, 0) is 30.4 Å². The SMILES string of the molecule is CSCCC(N)C(=O)NC(Cc1c[nH]c2ccccc12)C(=O)NC(C(=O)NC(CCC(=O)O)C(=O)O)C(C)C. The Labute approximate surface area is 230 Å². The highest BCUT2D eigenvalue weighted by Crippen LogP contribution is 2.19.